The van der Waals surface area contributed by atoms with Gasteiger partial charge in [0.15, 0.2) is 0 Å². The molecular weight excluding hydrogens is 80.0 g/mol. The lowest BCUT2D eigenvalue weighted by atomic mass is 10.5. The molecule has 0 aromatic heterocycles. The van der Waals surface area contributed by atoms with Crippen LogP contribution in [0, 0.1) is 0 Å². The van der Waals surface area contributed by atoms with E-state index in [-0.39, 0.29) is 0 Å². The zero-order valence-electron chi connectivity index (χ0n) is 3.81. The van der Waals surface area contributed by atoms with Crippen LogP contribution >= 0.6 is 0 Å². The van der Waals surface area contributed by atoms with E-state index in [1.807, 2.05) is 6.92 Å². The van der Waals surface area contributed by atoms with Crippen molar-refractivity contribution in [2.24, 2.45) is 0 Å². The Morgan fingerprint density at radius 1 is 1.67 bits per heavy atom. The maximum absolute atomic E-state index is 4.93. The van der Waals surface area contributed by atoms with Crippen LogP contribution in [0.5, 0.6) is 0 Å². The summed E-state index contributed by atoms with van der Waals surface area (Å²) in [4.78, 5) is 0. The van der Waals surface area contributed by atoms with Gasteiger partial charge in [-0.15, -0.1) is 0 Å². The Morgan fingerprint density at radius 3 is 2.67 bits per heavy atom. The molecule has 36 valence electrons. The predicted octanol–water partition coefficient (Wildman–Crippen LogP) is 0.379. The molecule has 0 unspecified atom stereocenters. The fourth-order valence-electron chi connectivity index (χ4n) is 0.426. The molecule has 0 amide bonds. The van der Waals surface area contributed by atoms with Gasteiger partial charge in [-0.3, -0.25) is 0 Å². The van der Waals surface area contributed by atoms with E-state index >= 15 is 0 Å². The minimum absolute atomic E-state index is 0.324. The average Bonchev–Trinajstić information content (AvgIpc) is 1.86. The van der Waals surface area contributed by atoms with Crippen molar-refractivity contribution in [2.45, 2.75) is 13.0 Å². The molecule has 1 atom stereocenters. The Kier molecular flexibility index (Phi) is 1.08. The maximum Gasteiger partial charge on any atom is 0.147 e. The number of hydrogen-bond donors (Lipinski definition) is 0. The monoisotopic (exact) mass is 88.1 g/mol. The van der Waals surface area contributed by atoms with Crippen molar-refractivity contribution in [2.75, 3.05) is 13.4 Å². The normalized spacial score (nSPS) is 34.5. The minimum Gasteiger partial charge on any atom is -0.353 e. The van der Waals surface area contributed by atoms with Crippen molar-refractivity contribution < 1.29 is 9.47 Å². The summed E-state index contributed by atoms with van der Waals surface area (Å²) < 4.78 is 9.77. The molecule has 6 heavy (non-hydrogen) atoms. The highest BCUT2D eigenvalue weighted by atomic mass is 16.7. The van der Waals surface area contributed by atoms with E-state index in [0.29, 0.717) is 12.9 Å². The summed E-state index contributed by atoms with van der Waals surface area (Å²) in [5.41, 5.74) is 0. The van der Waals surface area contributed by atoms with Crippen LogP contribution in [0.4, 0.5) is 0 Å². The van der Waals surface area contributed by atoms with E-state index < -0.39 is 0 Å². The van der Waals surface area contributed by atoms with E-state index in [0.717, 1.165) is 6.61 Å². The summed E-state index contributed by atoms with van der Waals surface area (Å²) in [5.74, 6) is 0. The van der Waals surface area contributed by atoms with Crippen LogP contribution in [0.2, 0.25) is 0 Å². The van der Waals surface area contributed by atoms with E-state index in [1.54, 1.807) is 0 Å². The van der Waals surface area contributed by atoms with Gasteiger partial charge in [0, 0.05) is 0 Å². The minimum atomic E-state index is 0.324. The van der Waals surface area contributed by atoms with Gasteiger partial charge in [-0.05, 0) is 6.92 Å². The first kappa shape index (κ1) is 4.09. The van der Waals surface area contributed by atoms with Crippen LogP contribution in [-0.2, 0) is 9.47 Å². The van der Waals surface area contributed by atoms with Gasteiger partial charge in [-0.25, -0.2) is 0 Å². The smallest absolute Gasteiger partial charge is 0.147 e. The van der Waals surface area contributed by atoms with Gasteiger partial charge in [0.25, 0.3) is 0 Å². The van der Waals surface area contributed by atoms with Crippen LogP contribution in [0.25, 0.3) is 0 Å². The Bertz CT molecular complexity index is 38.8. The molecule has 0 spiro atoms. The van der Waals surface area contributed by atoms with Gasteiger partial charge in [0.05, 0.1) is 12.7 Å². The Labute approximate surface area is 37.1 Å². The SMILES string of the molecule is C[C@@H]1COCO1. The van der Waals surface area contributed by atoms with Crippen molar-refractivity contribution >= 4 is 0 Å². The van der Waals surface area contributed by atoms with Crippen LogP contribution in [0.1, 0.15) is 6.92 Å². The first-order valence-corrected chi connectivity index (χ1v) is 2.09. The van der Waals surface area contributed by atoms with Gasteiger partial charge >= 0.3 is 0 Å². The first-order chi connectivity index (χ1) is 2.89. The first-order valence-electron chi connectivity index (χ1n) is 2.09. The molecule has 1 fully saturated rings. The number of rotatable bonds is 0. The molecule has 0 bridgehead atoms. The van der Waals surface area contributed by atoms with Gasteiger partial charge in [-0.1, -0.05) is 0 Å². The summed E-state index contributed by atoms with van der Waals surface area (Å²) in [6.07, 6.45) is 0.324. The molecular formula is C4H8O2. The van der Waals surface area contributed by atoms with Crippen molar-refractivity contribution in [1.82, 2.24) is 0 Å². The lowest BCUT2D eigenvalue weighted by Crippen LogP contribution is -2.00. The van der Waals surface area contributed by atoms with Gasteiger partial charge < -0.3 is 9.47 Å². The van der Waals surface area contributed by atoms with Crippen LogP contribution in [0.3, 0.4) is 0 Å². The summed E-state index contributed by atoms with van der Waals surface area (Å²) in [5, 5.41) is 0. The van der Waals surface area contributed by atoms with E-state index in [4.69, 9.17) is 9.47 Å². The third-order valence-corrected chi connectivity index (χ3v) is 0.788. The zero-order chi connectivity index (χ0) is 4.41. The standard InChI is InChI=1S/C4H8O2/c1-4-2-5-3-6-4/h4H,2-3H2,1H3/t4-/m1/s1. The van der Waals surface area contributed by atoms with Gasteiger partial charge in [0.1, 0.15) is 6.79 Å². The molecule has 1 aliphatic heterocycles. The third kappa shape index (κ3) is 0.698. The van der Waals surface area contributed by atoms with Crippen LogP contribution in [0.15, 0.2) is 0 Å². The fraction of sp³-hybridized carbons (Fsp3) is 1.00. The Balaban J connectivity index is 2.18. The molecule has 0 aromatic carbocycles. The van der Waals surface area contributed by atoms with Crippen LogP contribution < -0.4 is 0 Å². The second-order valence-corrected chi connectivity index (χ2v) is 1.47. The highest BCUT2D eigenvalue weighted by Gasteiger charge is 2.07. The summed E-state index contributed by atoms with van der Waals surface area (Å²) in [6, 6.07) is 0. The largest absolute Gasteiger partial charge is 0.353 e. The molecule has 1 aliphatic rings. The number of hydrogen-bond acceptors (Lipinski definition) is 2. The topological polar surface area (TPSA) is 18.5 Å². The fourth-order valence-corrected chi connectivity index (χ4v) is 0.426. The molecule has 0 aromatic rings. The third-order valence-electron chi connectivity index (χ3n) is 0.788. The molecule has 0 aliphatic carbocycles. The second-order valence-electron chi connectivity index (χ2n) is 1.47. The molecule has 0 N–H and O–H groups in total. The van der Waals surface area contributed by atoms with Gasteiger partial charge in [0.2, 0.25) is 0 Å². The lowest BCUT2D eigenvalue weighted by molar-refractivity contribution is 0.0514. The van der Waals surface area contributed by atoms with Crippen molar-refractivity contribution in [3.8, 4) is 0 Å². The molecule has 1 saturated heterocycles. The highest BCUT2D eigenvalue weighted by molar-refractivity contribution is 4.47. The number of ether oxygens (including phenoxy) is 2. The van der Waals surface area contributed by atoms with E-state index in [2.05, 4.69) is 0 Å². The molecule has 2 nitrogen and oxygen atoms in total. The van der Waals surface area contributed by atoms with E-state index in [9.17, 15) is 0 Å². The quantitative estimate of drug-likeness (QED) is 0.426. The van der Waals surface area contributed by atoms with Crippen molar-refractivity contribution in [3.63, 3.8) is 0 Å². The van der Waals surface area contributed by atoms with E-state index in [1.165, 1.54) is 0 Å². The average molecular weight is 88.1 g/mol. The Hall–Kier alpha value is -0.0800. The van der Waals surface area contributed by atoms with Gasteiger partial charge in [-0.2, -0.15) is 0 Å². The lowest BCUT2D eigenvalue weighted by Gasteiger charge is -1.90. The molecule has 0 radical (unpaired) electrons. The zero-order valence-corrected chi connectivity index (χ0v) is 3.81. The summed E-state index contributed by atoms with van der Waals surface area (Å²) >= 11 is 0. The summed E-state index contributed by atoms with van der Waals surface area (Å²) in [6.45, 7) is 3.24. The van der Waals surface area contributed by atoms with Crippen molar-refractivity contribution in [1.29, 1.82) is 0 Å². The molecule has 2 heteroatoms. The van der Waals surface area contributed by atoms with Crippen molar-refractivity contribution in [3.05, 3.63) is 0 Å². The molecule has 1 heterocycles. The second kappa shape index (κ2) is 1.58. The van der Waals surface area contributed by atoms with Crippen LogP contribution in [-0.4, -0.2) is 19.5 Å². The molecule has 0 saturated carbocycles. The maximum atomic E-state index is 4.93. The molecule has 1 rings (SSSR count). The predicted molar refractivity (Wildman–Crippen MR) is 21.4 cm³/mol. The Morgan fingerprint density at radius 2 is 2.50 bits per heavy atom. The summed E-state index contributed by atoms with van der Waals surface area (Å²) in [7, 11) is 0. The highest BCUT2D eigenvalue weighted by Crippen LogP contribution is 1.98.